The van der Waals surface area contributed by atoms with Crippen molar-refractivity contribution in [3.05, 3.63) is 105 Å². The molecular weight excluding hydrogens is 727 g/mol. The van der Waals surface area contributed by atoms with Gasteiger partial charge in [0.05, 0.1) is 29.0 Å². The van der Waals surface area contributed by atoms with Crippen LogP contribution in [0, 0.1) is 0 Å². The molecule has 1 unspecified atom stereocenters. The lowest BCUT2D eigenvalue weighted by molar-refractivity contribution is -0.139. The smallest absolute Gasteiger partial charge is 0.326 e. The molecule has 0 spiro atoms. The third-order valence-electron chi connectivity index (χ3n) is 9.59. The van der Waals surface area contributed by atoms with Gasteiger partial charge in [-0.2, -0.15) is 8.78 Å². The second kappa shape index (κ2) is 14.8. The maximum absolute atomic E-state index is 13.5. The van der Waals surface area contributed by atoms with Gasteiger partial charge >= 0.3 is 5.92 Å². The molecular formula is C38H35Cl2F2N7O4. The van der Waals surface area contributed by atoms with Crippen LogP contribution in [-0.4, -0.2) is 69.9 Å². The maximum atomic E-state index is 13.5. The van der Waals surface area contributed by atoms with Crippen LogP contribution in [0.4, 0.5) is 8.78 Å². The largest absolute Gasteiger partial charge is 0.481 e. The first kappa shape index (κ1) is 36.4. The minimum atomic E-state index is -3.39. The summed E-state index contributed by atoms with van der Waals surface area (Å²) in [6.07, 6.45) is 3.67. The van der Waals surface area contributed by atoms with Gasteiger partial charge in [-0.3, -0.25) is 23.7 Å². The zero-order chi connectivity index (χ0) is 37.4. The minimum absolute atomic E-state index is 0.0451. The number of ether oxygens (including phenoxy) is 1. The topological polar surface area (TPSA) is 130 Å². The molecule has 0 bridgehead atoms. The lowest BCUT2D eigenvalue weighted by Crippen LogP contribution is -2.40. The Labute approximate surface area is 313 Å². The van der Waals surface area contributed by atoms with E-state index in [9.17, 15) is 23.2 Å². The molecule has 2 aliphatic rings. The van der Waals surface area contributed by atoms with Gasteiger partial charge in [0.15, 0.2) is 0 Å². The summed E-state index contributed by atoms with van der Waals surface area (Å²) in [5.41, 5.74) is 5.43. The van der Waals surface area contributed by atoms with Crippen LogP contribution in [0.1, 0.15) is 30.4 Å². The summed E-state index contributed by atoms with van der Waals surface area (Å²) < 4.78 is 34.1. The van der Waals surface area contributed by atoms with Gasteiger partial charge in [0, 0.05) is 84.3 Å². The van der Waals surface area contributed by atoms with Crippen molar-refractivity contribution in [2.24, 2.45) is 0 Å². The van der Waals surface area contributed by atoms with Crippen molar-refractivity contribution in [1.82, 2.24) is 35.2 Å². The third kappa shape index (κ3) is 7.34. The lowest BCUT2D eigenvalue weighted by atomic mass is 9.97. The number of hydrogen-bond acceptors (Lipinski definition) is 8. The SMILES string of the molecule is COc1nc(-c2cccc(-c3cccc(-c4ccn5c(=O)c(CNCC6CC(F)(F)C(=O)N6)cnc5c4)c3Cl)c2Cl)ccc1CN(C)[C@H]1CCC(=O)N1. The van der Waals surface area contributed by atoms with Gasteiger partial charge in [-0.1, -0.05) is 65.7 Å². The van der Waals surface area contributed by atoms with Crippen molar-refractivity contribution >= 4 is 40.7 Å². The van der Waals surface area contributed by atoms with E-state index in [0.29, 0.717) is 68.0 Å². The second-order valence-corrected chi connectivity index (χ2v) is 13.9. The van der Waals surface area contributed by atoms with E-state index in [2.05, 4.69) is 25.8 Å². The van der Waals surface area contributed by atoms with Crippen LogP contribution in [0.15, 0.2) is 77.9 Å². The van der Waals surface area contributed by atoms with Crippen LogP contribution in [0.25, 0.3) is 39.2 Å². The van der Waals surface area contributed by atoms with Crippen LogP contribution in [-0.2, 0) is 22.7 Å². The van der Waals surface area contributed by atoms with E-state index >= 15 is 0 Å². The van der Waals surface area contributed by atoms with Gasteiger partial charge < -0.3 is 20.7 Å². The molecule has 5 heterocycles. The quantitative estimate of drug-likeness (QED) is 0.157. The number of hydrogen-bond donors (Lipinski definition) is 3. The molecule has 0 saturated carbocycles. The summed E-state index contributed by atoms with van der Waals surface area (Å²) in [4.78, 5) is 47.7. The highest BCUT2D eigenvalue weighted by Gasteiger charge is 2.47. The average Bonchev–Trinajstić information content (AvgIpc) is 3.70. The average molecular weight is 763 g/mol. The molecule has 5 aromatic rings. The van der Waals surface area contributed by atoms with E-state index in [0.717, 1.165) is 17.5 Å². The van der Waals surface area contributed by atoms with Crippen LogP contribution in [0.2, 0.25) is 10.0 Å². The Morgan fingerprint density at radius 2 is 1.70 bits per heavy atom. The van der Waals surface area contributed by atoms with E-state index in [1.54, 1.807) is 25.4 Å². The highest BCUT2D eigenvalue weighted by Crippen LogP contribution is 2.42. The van der Waals surface area contributed by atoms with E-state index in [1.807, 2.05) is 55.6 Å². The van der Waals surface area contributed by atoms with E-state index in [4.69, 9.17) is 32.9 Å². The van der Waals surface area contributed by atoms with Gasteiger partial charge in [-0.15, -0.1) is 0 Å². The monoisotopic (exact) mass is 761 g/mol. The molecule has 2 amide bonds. The summed E-state index contributed by atoms with van der Waals surface area (Å²) in [7, 11) is 3.52. The molecule has 2 saturated heterocycles. The van der Waals surface area contributed by atoms with Gasteiger partial charge in [0.2, 0.25) is 11.8 Å². The number of alkyl halides is 2. The molecule has 2 atom stereocenters. The molecule has 2 aliphatic heterocycles. The Balaban J connectivity index is 1.11. The summed E-state index contributed by atoms with van der Waals surface area (Å²) in [5, 5.41) is 9.11. The number of fused-ring (bicyclic) bond motifs is 1. The number of benzene rings is 2. The molecule has 274 valence electrons. The highest BCUT2D eigenvalue weighted by atomic mass is 35.5. The molecule has 3 N–H and O–H groups in total. The van der Waals surface area contributed by atoms with Crippen LogP contribution < -0.4 is 26.2 Å². The second-order valence-electron chi connectivity index (χ2n) is 13.2. The van der Waals surface area contributed by atoms with Gasteiger partial charge in [-0.05, 0) is 37.2 Å². The molecule has 15 heteroatoms. The first-order chi connectivity index (χ1) is 25.4. The fraction of sp³-hybridized carbons (Fsp3) is 0.289. The number of rotatable bonds is 11. The molecule has 0 radical (unpaired) electrons. The zero-order valence-corrected chi connectivity index (χ0v) is 30.3. The van der Waals surface area contributed by atoms with E-state index in [1.165, 1.54) is 10.6 Å². The van der Waals surface area contributed by atoms with Crippen molar-refractivity contribution in [3.8, 4) is 39.4 Å². The molecule has 53 heavy (non-hydrogen) atoms. The number of nitrogens with one attached hydrogen (secondary N) is 3. The first-order valence-electron chi connectivity index (χ1n) is 16.9. The van der Waals surface area contributed by atoms with Gasteiger partial charge in [-0.25, -0.2) is 9.97 Å². The van der Waals surface area contributed by atoms with Crippen molar-refractivity contribution in [1.29, 1.82) is 0 Å². The molecule has 7 rings (SSSR count). The molecule has 3 aromatic heterocycles. The number of carbonyl (C=O) groups excluding carboxylic acids is 2. The Kier molecular flexibility index (Phi) is 10.2. The summed E-state index contributed by atoms with van der Waals surface area (Å²) in [5.74, 6) is -4.17. The number of nitrogens with zero attached hydrogens (tertiary/aromatic N) is 4. The normalized spacial score (nSPS) is 18.1. The Hall–Kier alpha value is -4.95. The minimum Gasteiger partial charge on any atom is -0.481 e. The molecule has 0 aliphatic carbocycles. The van der Waals surface area contributed by atoms with E-state index in [-0.39, 0.29) is 30.7 Å². The van der Waals surface area contributed by atoms with Crippen LogP contribution >= 0.6 is 23.2 Å². The van der Waals surface area contributed by atoms with Crippen LogP contribution in [0.3, 0.4) is 0 Å². The summed E-state index contributed by atoms with van der Waals surface area (Å²) in [6, 6.07) is 17.9. The van der Waals surface area contributed by atoms with Gasteiger partial charge in [0.25, 0.3) is 11.5 Å². The number of pyridine rings is 2. The van der Waals surface area contributed by atoms with Crippen LogP contribution in [0.5, 0.6) is 5.88 Å². The fourth-order valence-electron chi connectivity index (χ4n) is 6.77. The molecule has 2 aromatic carbocycles. The lowest BCUT2D eigenvalue weighted by Gasteiger charge is -2.24. The highest BCUT2D eigenvalue weighted by molar-refractivity contribution is 6.39. The van der Waals surface area contributed by atoms with Gasteiger partial charge in [0.1, 0.15) is 5.65 Å². The maximum Gasteiger partial charge on any atom is 0.326 e. The van der Waals surface area contributed by atoms with Crippen molar-refractivity contribution in [2.45, 2.75) is 50.5 Å². The number of methoxy groups -OCH3 is 1. The number of aromatic nitrogens is 3. The zero-order valence-electron chi connectivity index (χ0n) is 28.8. The summed E-state index contributed by atoms with van der Waals surface area (Å²) >= 11 is 14.2. The molecule has 11 nitrogen and oxygen atoms in total. The van der Waals surface area contributed by atoms with E-state index < -0.39 is 24.3 Å². The van der Waals surface area contributed by atoms with Crippen molar-refractivity contribution < 1.29 is 23.1 Å². The summed E-state index contributed by atoms with van der Waals surface area (Å²) in [6.45, 7) is 0.707. The van der Waals surface area contributed by atoms with Crippen molar-refractivity contribution in [3.63, 3.8) is 0 Å². The Morgan fingerprint density at radius 3 is 2.38 bits per heavy atom. The third-order valence-corrected chi connectivity index (χ3v) is 10.4. The Bertz CT molecular complexity index is 2300. The van der Waals surface area contributed by atoms with Crippen molar-refractivity contribution in [2.75, 3.05) is 20.7 Å². The Morgan fingerprint density at radius 1 is 0.981 bits per heavy atom. The number of halogens is 4. The number of carbonyl (C=O) groups is 2. The fourth-order valence-corrected chi connectivity index (χ4v) is 7.44. The standard InChI is InChI=1S/C38H35Cl2F2N7O4/c1-48(30-11-12-32(50)47-30)20-22-9-10-29(46-35(22)53-2)28-8-4-7-27(34(28)40)26-6-3-5-25(33(26)39)21-13-14-49-31(15-21)44-18-23(36(49)51)17-43-19-24-16-38(41,42)37(52)45-24/h3-10,13-15,18,24,30,43H,11-12,16-17,19-20H2,1-2H3,(H,45,52)(H,47,50)/t24?,30-/m0/s1. The number of amides is 2. The first-order valence-corrected chi connectivity index (χ1v) is 17.7. The molecule has 2 fully saturated rings. The predicted octanol–water partition coefficient (Wildman–Crippen LogP) is 5.69. The predicted molar refractivity (Wildman–Crippen MR) is 198 cm³/mol.